The molecule has 0 amide bonds. The Labute approximate surface area is 92.3 Å². The van der Waals surface area contributed by atoms with Crippen LogP contribution in [0, 0.1) is 5.92 Å². The Bertz CT molecular complexity index is 271. The van der Waals surface area contributed by atoms with Crippen molar-refractivity contribution in [2.24, 2.45) is 11.7 Å². The fourth-order valence-corrected chi connectivity index (χ4v) is 1.83. The van der Waals surface area contributed by atoms with E-state index in [-0.39, 0.29) is 0 Å². The number of nitrogens with two attached hydrogens (primary N) is 1. The van der Waals surface area contributed by atoms with Crippen LogP contribution in [0.2, 0.25) is 0 Å². The molecule has 1 aromatic heterocycles. The normalized spacial score (nSPS) is 13.5. The first-order valence-electron chi connectivity index (χ1n) is 5.45. The summed E-state index contributed by atoms with van der Waals surface area (Å²) in [4.78, 5) is 6.58. The number of pyridine rings is 1. The van der Waals surface area contributed by atoms with Gasteiger partial charge in [0, 0.05) is 25.3 Å². The summed E-state index contributed by atoms with van der Waals surface area (Å²) in [6.07, 6.45) is 1.83. The standard InChI is InChI=1S/C12H21N3/c1-10(2)12(8-13)15(3)9-11-6-4-5-7-14-11/h4-7,10,12H,8-9,13H2,1-3H3. The zero-order chi connectivity index (χ0) is 11.3. The van der Waals surface area contributed by atoms with Gasteiger partial charge >= 0.3 is 0 Å². The predicted molar refractivity (Wildman–Crippen MR) is 63.4 cm³/mol. The Kier molecular flexibility index (Phi) is 4.72. The maximum absolute atomic E-state index is 5.77. The average Bonchev–Trinajstić information content (AvgIpc) is 2.19. The number of rotatable bonds is 5. The molecule has 0 saturated carbocycles. The molecule has 2 N–H and O–H groups in total. The van der Waals surface area contributed by atoms with Crippen LogP contribution < -0.4 is 5.73 Å². The van der Waals surface area contributed by atoms with Crippen molar-refractivity contribution >= 4 is 0 Å². The zero-order valence-electron chi connectivity index (χ0n) is 9.85. The fourth-order valence-electron chi connectivity index (χ4n) is 1.83. The van der Waals surface area contributed by atoms with Gasteiger partial charge in [-0.3, -0.25) is 9.88 Å². The van der Waals surface area contributed by atoms with Crippen molar-refractivity contribution in [1.29, 1.82) is 0 Å². The molecule has 0 aliphatic carbocycles. The van der Waals surface area contributed by atoms with Gasteiger partial charge in [-0.05, 0) is 25.1 Å². The SMILES string of the molecule is CC(C)C(CN)N(C)Cc1ccccn1. The van der Waals surface area contributed by atoms with Crippen molar-refractivity contribution < 1.29 is 0 Å². The third-order valence-electron chi connectivity index (χ3n) is 2.71. The minimum absolute atomic E-state index is 0.423. The molecule has 0 fully saturated rings. The predicted octanol–water partition coefficient (Wildman–Crippen LogP) is 1.50. The highest BCUT2D eigenvalue weighted by molar-refractivity contribution is 5.03. The Morgan fingerprint density at radius 2 is 2.13 bits per heavy atom. The lowest BCUT2D eigenvalue weighted by molar-refractivity contribution is 0.188. The van der Waals surface area contributed by atoms with Crippen LogP contribution in [0.4, 0.5) is 0 Å². The molecule has 0 aromatic carbocycles. The highest BCUT2D eigenvalue weighted by Gasteiger charge is 2.16. The summed E-state index contributed by atoms with van der Waals surface area (Å²) >= 11 is 0. The number of aromatic nitrogens is 1. The third-order valence-corrected chi connectivity index (χ3v) is 2.71. The maximum Gasteiger partial charge on any atom is 0.0543 e. The highest BCUT2D eigenvalue weighted by atomic mass is 15.1. The first-order chi connectivity index (χ1) is 7.15. The van der Waals surface area contributed by atoms with Crippen molar-refractivity contribution in [1.82, 2.24) is 9.88 Å². The lowest BCUT2D eigenvalue weighted by Crippen LogP contribution is -2.41. The second kappa shape index (κ2) is 5.83. The molecule has 0 bridgehead atoms. The number of nitrogens with zero attached hydrogens (tertiary/aromatic N) is 2. The average molecular weight is 207 g/mol. The Hall–Kier alpha value is -0.930. The third kappa shape index (κ3) is 3.61. The molecule has 1 rings (SSSR count). The first kappa shape index (κ1) is 12.1. The van der Waals surface area contributed by atoms with Crippen LogP contribution in [0.25, 0.3) is 0 Å². The smallest absolute Gasteiger partial charge is 0.0543 e. The monoisotopic (exact) mass is 207 g/mol. The van der Waals surface area contributed by atoms with Gasteiger partial charge in [-0.15, -0.1) is 0 Å². The molecule has 0 radical (unpaired) electrons. The summed E-state index contributed by atoms with van der Waals surface area (Å²) in [6, 6.07) is 6.42. The lowest BCUT2D eigenvalue weighted by Gasteiger charge is -2.29. The minimum Gasteiger partial charge on any atom is -0.329 e. The largest absolute Gasteiger partial charge is 0.329 e. The van der Waals surface area contributed by atoms with Gasteiger partial charge < -0.3 is 5.73 Å². The van der Waals surface area contributed by atoms with Crippen molar-refractivity contribution in [2.75, 3.05) is 13.6 Å². The van der Waals surface area contributed by atoms with E-state index in [1.807, 2.05) is 24.4 Å². The van der Waals surface area contributed by atoms with E-state index in [1.165, 1.54) is 0 Å². The van der Waals surface area contributed by atoms with E-state index in [2.05, 4.69) is 30.8 Å². The molecular weight excluding hydrogens is 186 g/mol. The van der Waals surface area contributed by atoms with Crippen LogP contribution in [0.1, 0.15) is 19.5 Å². The summed E-state index contributed by atoms with van der Waals surface area (Å²) < 4.78 is 0. The maximum atomic E-state index is 5.77. The van der Waals surface area contributed by atoms with Gasteiger partial charge in [-0.2, -0.15) is 0 Å². The van der Waals surface area contributed by atoms with E-state index in [4.69, 9.17) is 5.73 Å². The molecule has 1 unspecified atom stereocenters. The van der Waals surface area contributed by atoms with Crippen LogP contribution in [-0.2, 0) is 6.54 Å². The van der Waals surface area contributed by atoms with Gasteiger partial charge in [0.05, 0.1) is 5.69 Å². The summed E-state index contributed by atoms with van der Waals surface area (Å²) in [5, 5.41) is 0. The summed E-state index contributed by atoms with van der Waals surface area (Å²) in [5.41, 5.74) is 6.86. The molecule has 0 aliphatic rings. The van der Waals surface area contributed by atoms with E-state index >= 15 is 0 Å². The summed E-state index contributed by atoms with van der Waals surface area (Å²) in [7, 11) is 2.10. The number of likely N-dealkylation sites (N-methyl/N-ethyl adjacent to an activating group) is 1. The van der Waals surface area contributed by atoms with Crippen LogP contribution in [-0.4, -0.2) is 29.5 Å². The molecule has 15 heavy (non-hydrogen) atoms. The van der Waals surface area contributed by atoms with Gasteiger partial charge in [0.25, 0.3) is 0 Å². The fraction of sp³-hybridized carbons (Fsp3) is 0.583. The van der Waals surface area contributed by atoms with Gasteiger partial charge in [-0.1, -0.05) is 19.9 Å². The van der Waals surface area contributed by atoms with Crippen LogP contribution in [0.3, 0.4) is 0 Å². The van der Waals surface area contributed by atoms with Gasteiger partial charge in [-0.25, -0.2) is 0 Å². The molecule has 84 valence electrons. The number of hydrogen-bond acceptors (Lipinski definition) is 3. The quantitative estimate of drug-likeness (QED) is 0.795. The minimum atomic E-state index is 0.423. The second-order valence-corrected chi connectivity index (χ2v) is 4.28. The molecule has 0 spiro atoms. The topological polar surface area (TPSA) is 42.1 Å². The van der Waals surface area contributed by atoms with Crippen molar-refractivity contribution in [2.45, 2.75) is 26.4 Å². The molecule has 1 atom stereocenters. The molecule has 0 saturated heterocycles. The van der Waals surface area contributed by atoms with Gasteiger partial charge in [0.1, 0.15) is 0 Å². The Balaban J connectivity index is 2.58. The van der Waals surface area contributed by atoms with E-state index in [1.54, 1.807) is 0 Å². The Morgan fingerprint density at radius 3 is 2.60 bits per heavy atom. The van der Waals surface area contributed by atoms with Crippen molar-refractivity contribution in [3.05, 3.63) is 30.1 Å². The van der Waals surface area contributed by atoms with Crippen LogP contribution >= 0.6 is 0 Å². The van der Waals surface area contributed by atoms with Crippen LogP contribution in [0.5, 0.6) is 0 Å². The van der Waals surface area contributed by atoms with E-state index in [0.717, 1.165) is 12.2 Å². The molecular formula is C12H21N3. The molecule has 0 aliphatic heterocycles. The molecule has 1 heterocycles. The summed E-state index contributed by atoms with van der Waals surface area (Å²) in [5.74, 6) is 0.573. The van der Waals surface area contributed by atoms with E-state index in [9.17, 15) is 0 Å². The molecule has 3 heteroatoms. The number of hydrogen-bond donors (Lipinski definition) is 1. The van der Waals surface area contributed by atoms with E-state index in [0.29, 0.717) is 18.5 Å². The Morgan fingerprint density at radius 1 is 1.40 bits per heavy atom. The van der Waals surface area contributed by atoms with Gasteiger partial charge in [0.15, 0.2) is 0 Å². The molecule has 1 aromatic rings. The zero-order valence-corrected chi connectivity index (χ0v) is 9.85. The van der Waals surface area contributed by atoms with Crippen molar-refractivity contribution in [3.8, 4) is 0 Å². The van der Waals surface area contributed by atoms with Crippen LogP contribution in [0.15, 0.2) is 24.4 Å². The van der Waals surface area contributed by atoms with Crippen molar-refractivity contribution in [3.63, 3.8) is 0 Å². The first-order valence-corrected chi connectivity index (χ1v) is 5.45. The van der Waals surface area contributed by atoms with Gasteiger partial charge in [0.2, 0.25) is 0 Å². The lowest BCUT2D eigenvalue weighted by atomic mass is 10.0. The van der Waals surface area contributed by atoms with E-state index < -0.39 is 0 Å². The second-order valence-electron chi connectivity index (χ2n) is 4.28. The highest BCUT2D eigenvalue weighted by Crippen LogP contribution is 2.10. The summed E-state index contributed by atoms with van der Waals surface area (Å²) in [6.45, 7) is 5.96. The molecule has 3 nitrogen and oxygen atoms in total.